The second kappa shape index (κ2) is 3.78. The minimum Gasteiger partial charge on any atom is -0.393 e. The largest absolute Gasteiger partial charge is 0.393 e. The minimum atomic E-state index is -0.000537. The molecule has 8 atom stereocenters. The van der Waals surface area contributed by atoms with Crippen LogP contribution in [0, 0.1) is 40.4 Å². The van der Waals surface area contributed by atoms with Gasteiger partial charge in [0.1, 0.15) is 0 Å². The lowest BCUT2D eigenvalue weighted by molar-refractivity contribution is 0.0205. The van der Waals surface area contributed by atoms with E-state index in [1.54, 1.807) is 0 Å². The second-order valence-corrected chi connectivity index (χ2v) is 8.94. The van der Waals surface area contributed by atoms with E-state index in [1.165, 1.54) is 32.1 Å². The molecule has 0 saturated heterocycles. The number of aliphatic hydroxyl groups excluding tert-OH is 1. The Hall–Kier alpha value is -0.0400. The molecule has 4 aliphatic carbocycles. The third-order valence-corrected chi connectivity index (χ3v) is 8.44. The summed E-state index contributed by atoms with van der Waals surface area (Å²) in [5.41, 5.74) is 1.09. The van der Waals surface area contributed by atoms with Gasteiger partial charge < -0.3 is 5.11 Å². The molecule has 4 aliphatic rings. The number of rotatable bonds is 0. The molecule has 0 aliphatic heterocycles. The predicted molar refractivity (Wildman–Crippen MR) is 77.7 cm³/mol. The van der Waals surface area contributed by atoms with Crippen molar-refractivity contribution in [2.75, 3.05) is 0 Å². The van der Waals surface area contributed by atoms with Gasteiger partial charge in [0.25, 0.3) is 0 Å². The van der Waals surface area contributed by atoms with Crippen LogP contribution in [0.2, 0.25) is 0 Å². The zero-order chi connectivity index (χ0) is 13.4. The highest BCUT2D eigenvalue weighted by Gasteiger charge is 2.63. The summed E-state index contributed by atoms with van der Waals surface area (Å²) < 4.78 is 0. The maximum atomic E-state index is 10.2. The third-order valence-electron chi connectivity index (χ3n) is 8.44. The fraction of sp³-hybridized carbons (Fsp3) is 1.00. The molecule has 4 rings (SSSR count). The van der Waals surface area contributed by atoms with Crippen LogP contribution in [0.5, 0.6) is 0 Å². The minimum absolute atomic E-state index is 0.000537. The van der Waals surface area contributed by atoms with E-state index in [4.69, 9.17) is 0 Å². The summed E-state index contributed by atoms with van der Waals surface area (Å²) in [6.07, 6.45) is 9.46. The van der Waals surface area contributed by atoms with Crippen molar-refractivity contribution in [3.63, 3.8) is 0 Å². The molecule has 1 nitrogen and oxygen atoms in total. The van der Waals surface area contributed by atoms with Gasteiger partial charge in [-0.2, -0.15) is 0 Å². The van der Waals surface area contributed by atoms with Crippen LogP contribution in [0.1, 0.15) is 65.7 Å². The van der Waals surface area contributed by atoms with Gasteiger partial charge in [0.05, 0.1) is 6.10 Å². The van der Waals surface area contributed by atoms with Crippen molar-refractivity contribution in [3.8, 4) is 0 Å². The molecular formula is C18H30O. The van der Waals surface area contributed by atoms with Crippen molar-refractivity contribution >= 4 is 0 Å². The van der Waals surface area contributed by atoms with Crippen LogP contribution >= 0.6 is 0 Å². The molecule has 4 fully saturated rings. The maximum Gasteiger partial charge on any atom is 0.0548 e. The summed E-state index contributed by atoms with van der Waals surface area (Å²) in [4.78, 5) is 0. The first-order valence-corrected chi connectivity index (χ1v) is 8.63. The lowest BCUT2D eigenvalue weighted by atomic mass is 9.58. The standard InChI is InChI=1S/C18H30O/c1-11-4-7-15-14-6-5-12-8-13(19)9-18(12,3)16(14)10-17(11,15)2/h11-16,19H,4-10H2,1-3H3/t11?,12?,13-,14?,15?,16?,17-,18?/m1/s1. The second-order valence-electron chi connectivity index (χ2n) is 8.94. The van der Waals surface area contributed by atoms with E-state index in [9.17, 15) is 5.11 Å². The van der Waals surface area contributed by atoms with Gasteiger partial charge in [-0.05, 0) is 85.4 Å². The summed E-state index contributed by atoms with van der Waals surface area (Å²) in [6.45, 7) is 7.62. The van der Waals surface area contributed by atoms with Crippen molar-refractivity contribution in [2.24, 2.45) is 40.4 Å². The monoisotopic (exact) mass is 262 g/mol. The zero-order valence-electron chi connectivity index (χ0n) is 12.9. The van der Waals surface area contributed by atoms with Gasteiger partial charge in [0, 0.05) is 0 Å². The SMILES string of the molecule is CC1CCC2C3CCC4C[C@@H](O)CC4(C)C3C[C@]12C. The average molecular weight is 262 g/mol. The Kier molecular flexibility index (Phi) is 2.52. The van der Waals surface area contributed by atoms with Gasteiger partial charge in [-0.25, -0.2) is 0 Å². The van der Waals surface area contributed by atoms with Gasteiger partial charge in [0.2, 0.25) is 0 Å². The third kappa shape index (κ3) is 1.46. The Morgan fingerprint density at radius 2 is 1.68 bits per heavy atom. The van der Waals surface area contributed by atoms with Crippen LogP contribution in [0.25, 0.3) is 0 Å². The van der Waals surface area contributed by atoms with Crippen LogP contribution in [0.4, 0.5) is 0 Å². The maximum absolute atomic E-state index is 10.2. The first-order valence-electron chi connectivity index (χ1n) is 8.63. The number of fused-ring (bicyclic) bond motifs is 5. The summed E-state index contributed by atoms with van der Waals surface area (Å²) in [6, 6.07) is 0. The van der Waals surface area contributed by atoms with Gasteiger partial charge in [-0.3, -0.25) is 0 Å². The molecule has 0 aromatic rings. The zero-order valence-corrected chi connectivity index (χ0v) is 12.9. The molecule has 0 heterocycles. The molecule has 0 bridgehead atoms. The lowest BCUT2D eigenvalue weighted by Gasteiger charge is -2.46. The van der Waals surface area contributed by atoms with Crippen molar-refractivity contribution in [1.82, 2.24) is 0 Å². The van der Waals surface area contributed by atoms with Crippen molar-refractivity contribution in [1.29, 1.82) is 0 Å². The Morgan fingerprint density at radius 3 is 2.47 bits per heavy atom. The lowest BCUT2D eigenvalue weighted by Crippen LogP contribution is -2.39. The van der Waals surface area contributed by atoms with E-state index in [1.807, 2.05) is 0 Å². The van der Waals surface area contributed by atoms with Crippen LogP contribution in [-0.2, 0) is 0 Å². The highest BCUT2D eigenvalue weighted by Crippen LogP contribution is 2.70. The van der Waals surface area contributed by atoms with E-state index >= 15 is 0 Å². The van der Waals surface area contributed by atoms with Gasteiger partial charge in [-0.1, -0.05) is 20.8 Å². The molecule has 4 saturated carbocycles. The van der Waals surface area contributed by atoms with Crippen LogP contribution in [-0.4, -0.2) is 11.2 Å². The summed E-state index contributed by atoms with van der Waals surface area (Å²) in [5.74, 6) is 4.66. The predicted octanol–water partition coefficient (Wildman–Crippen LogP) is 4.25. The van der Waals surface area contributed by atoms with Gasteiger partial charge >= 0.3 is 0 Å². The first-order chi connectivity index (χ1) is 8.95. The van der Waals surface area contributed by atoms with E-state index in [0.717, 1.165) is 42.4 Å². The fourth-order valence-electron chi connectivity index (χ4n) is 7.19. The average Bonchev–Trinajstić information content (AvgIpc) is 2.90. The number of aliphatic hydroxyl groups is 1. The van der Waals surface area contributed by atoms with Crippen LogP contribution in [0.3, 0.4) is 0 Å². The van der Waals surface area contributed by atoms with Crippen LogP contribution in [0.15, 0.2) is 0 Å². The number of hydrogen-bond acceptors (Lipinski definition) is 1. The van der Waals surface area contributed by atoms with Gasteiger partial charge in [0.15, 0.2) is 0 Å². The Bertz CT molecular complexity index is 391. The Morgan fingerprint density at radius 1 is 0.895 bits per heavy atom. The fourth-order valence-corrected chi connectivity index (χ4v) is 7.19. The molecule has 6 unspecified atom stereocenters. The smallest absolute Gasteiger partial charge is 0.0548 e. The van der Waals surface area contributed by atoms with Gasteiger partial charge in [-0.15, -0.1) is 0 Å². The van der Waals surface area contributed by atoms with E-state index < -0.39 is 0 Å². The molecule has 108 valence electrons. The quantitative estimate of drug-likeness (QED) is 0.692. The van der Waals surface area contributed by atoms with Crippen LogP contribution < -0.4 is 0 Å². The first kappa shape index (κ1) is 12.7. The van der Waals surface area contributed by atoms with E-state index in [2.05, 4.69) is 20.8 Å². The summed E-state index contributed by atoms with van der Waals surface area (Å²) >= 11 is 0. The summed E-state index contributed by atoms with van der Waals surface area (Å²) in [5, 5.41) is 10.2. The molecule has 0 radical (unpaired) electrons. The normalized spacial score (nSPS) is 63.8. The topological polar surface area (TPSA) is 20.2 Å². The summed E-state index contributed by atoms with van der Waals surface area (Å²) in [7, 11) is 0. The molecule has 0 amide bonds. The van der Waals surface area contributed by atoms with Crippen molar-refractivity contribution in [3.05, 3.63) is 0 Å². The molecule has 0 aromatic carbocycles. The van der Waals surface area contributed by atoms with Crippen molar-refractivity contribution in [2.45, 2.75) is 71.8 Å². The molecule has 0 aromatic heterocycles. The molecular weight excluding hydrogens is 232 g/mol. The van der Waals surface area contributed by atoms with E-state index in [0.29, 0.717) is 10.8 Å². The van der Waals surface area contributed by atoms with Crippen molar-refractivity contribution < 1.29 is 5.11 Å². The highest BCUT2D eigenvalue weighted by atomic mass is 16.3. The molecule has 1 heteroatoms. The Balaban J connectivity index is 1.69. The highest BCUT2D eigenvalue weighted by molar-refractivity contribution is 5.12. The Labute approximate surface area is 118 Å². The molecule has 0 spiro atoms. The molecule has 19 heavy (non-hydrogen) atoms. The number of hydrogen-bond donors (Lipinski definition) is 1. The molecule has 1 N–H and O–H groups in total. The van der Waals surface area contributed by atoms with E-state index in [-0.39, 0.29) is 6.10 Å².